The van der Waals surface area contributed by atoms with Gasteiger partial charge in [0.05, 0.1) is 0 Å². The zero-order valence-electron chi connectivity index (χ0n) is 11.3. The predicted molar refractivity (Wildman–Crippen MR) is 72.7 cm³/mol. The lowest BCUT2D eigenvalue weighted by atomic mass is 10.1. The number of aromatic nitrogens is 1. The molecule has 0 radical (unpaired) electrons. The van der Waals surface area contributed by atoms with Crippen LogP contribution >= 0.6 is 0 Å². The van der Waals surface area contributed by atoms with Crippen LogP contribution in [0.2, 0.25) is 0 Å². The monoisotopic (exact) mass is 309 g/mol. The summed E-state index contributed by atoms with van der Waals surface area (Å²) in [6.07, 6.45) is 3.66. The van der Waals surface area contributed by atoms with E-state index in [4.69, 9.17) is 5.26 Å². The molecule has 2 rings (SSSR count). The number of carboxylic acid groups (broad SMARTS) is 1. The van der Waals surface area contributed by atoms with Crippen molar-refractivity contribution >= 4 is 16.0 Å². The molecular weight excluding hydrogens is 294 g/mol. The van der Waals surface area contributed by atoms with Crippen LogP contribution in [0, 0.1) is 11.3 Å². The van der Waals surface area contributed by atoms with E-state index in [1.165, 1.54) is 18.3 Å². The Hall–Kier alpha value is -1.98. The number of rotatable bonds is 3. The topological polar surface area (TPSA) is 111 Å². The molecule has 2 heterocycles. The first kappa shape index (κ1) is 15.4. The van der Waals surface area contributed by atoms with Crippen LogP contribution in [0.4, 0.5) is 0 Å². The van der Waals surface area contributed by atoms with Crippen LogP contribution in [-0.4, -0.2) is 41.4 Å². The highest BCUT2D eigenvalue weighted by molar-refractivity contribution is 7.89. The first-order chi connectivity index (χ1) is 9.98. The van der Waals surface area contributed by atoms with Crippen LogP contribution in [0.1, 0.15) is 31.4 Å². The van der Waals surface area contributed by atoms with Crippen LogP contribution in [0.25, 0.3) is 0 Å². The third-order valence-corrected chi connectivity index (χ3v) is 5.39. The van der Waals surface area contributed by atoms with Crippen molar-refractivity contribution in [3.63, 3.8) is 0 Å². The molecule has 0 saturated carbocycles. The second kappa shape index (κ2) is 6.20. The fraction of sp³-hybridized carbons (Fsp3) is 0.462. The van der Waals surface area contributed by atoms with Gasteiger partial charge in [-0.3, -0.25) is 4.79 Å². The Morgan fingerprint density at radius 1 is 1.43 bits per heavy atom. The third kappa shape index (κ3) is 3.04. The number of hydrogen-bond donors (Lipinski definition) is 1. The first-order valence-electron chi connectivity index (χ1n) is 6.58. The average Bonchev–Trinajstić information content (AvgIpc) is 2.73. The summed E-state index contributed by atoms with van der Waals surface area (Å²) >= 11 is 0. The number of pyridine rings is 1. The molecule has 1 aliphatic heterocycles. The minimum atomic E-state index is -4.05. The van der Waals surface area contributed by atoms with Gasteiger partial charge in [-0.15, -0.1) is 0 Å². The number of nitrogens with zero attached hydrogens (tertiary/aromatic N) is 3. The number of carbonyl (C=O) groups is 1. The maximum absolute atomic E-state index is 12.7. The van der Waals surface area contributed by atoms with E-state index in [9.17, 15) is 18.3 Å². The van der Waals surface area contributed by atoms with E-state index < -0.39 is 22.0 Å². The average molecular weight is 309 g/mol. The Bertz CT molecular complexity index is 681. The van der Waals surface area contributed by atoms with Crippen molar-refractivity contribution < 1.29 is 18.3 Å². The second-order valence-electron chi connectivity index (χ2n) is 4.78. The minimum absolute atomic E-state index is 0.138. The summed E-state index contributed by atoms with van der Waals surface area (Å²) in [5.74, 6) is -1.16. The molecule has 1 N–H and O–H groups in total. The van der Waals surface area contributed by atoms with Gasteiger partial charge in [0.15, 0.2) is 5.69 Å². The van der Waals surface area contributed by atoms with E-state index in [0.717, 1.165) is 10.7 Å². The van der Waals surface area contributed by atoms with Crippen molar-refractivity contribution in [1.29, 1.82) is 5.26 Å². The minimum Gasteiger partial charge on any atom is -0.480 e. The lowest BCUT2D eigenvalue weighted by molar-refractivity contribution is -0.141. The Balaban J connectivity index is 2.50. The van der Waals surface area contributed by atoms with Crippen molar-refractivity contribution in [3.8, 4) is 6.07 Å². The summed E-state index contributed by atoms with van der Waals surface area (Å²) in [7, 11) is -4.05. The Morgan fingerprint density at radius 3 is 2.86 bits per heavy atom. The molecule has 8 heteroatoms. The van der Waals surface area contributed by atoms with Gasteiger partial charge in [-0.25, -0.2) is 13.4 Å². The molecular formula is C13H15N3O4S. The molecule has 0 aliphatic carbocycles. The first-order valence-corrected chi connectivity index (χ1v) is 8.02. The molecule has 112 valence electrons. The van der Waals surface area contributed by atoms with Crippen LogP contribution in [0.5, 0.6) is 0 Å². The molecule has 1 atom stereocenters. The van der Waals surface area contributed by atoms with Crippen molar-refractivity contribution in [1.82, 2.24) is 9.29 Å². The van der Waals surface area contributed by atoms with E-state index in [1.807, 2.05) is 0 Å². The van der Waals surface area contributed by atoms with Gasteiger partial charge in [0.1, 0.15) is 17.0 Å². The number of nitriles is 1. The van der Waals surface area contributed by atoms with E-state index in [1.54, 1.807) is 6.07 Å². The van der Waals surface area contributed by atoms with Gasteiger partial charge in [0, 0.05) is 12.7 Å². The number of carboxylic acids is 1. The number of hydrogen-bond acceptors (Lipinski definition) is 5. The molecule has 1 aliphatic rings. The van der Waals surface area contributed by atoms with Crippen LogP contribution in [0.3, 0.4) is 0 Å². The molecule has 1 aromatic rings. The molecule has 1 saturated heterocycles. The van der Waals surface area contributed by atoms with Crippen LogP contribution < -0.4 is 0 Å². The van der Waals surface area contributed by atoms with Crippen LogP contribution in [-0.2, 0) is 14.8 Å². The normalized spacial score (nSPS) is 20.4. The van der Waals surface area contributed by atoms with Crippen molar-refractivity contribution in [2.24, 2.45) is 0 Å². The fourth-order valence-corrected chi connectivity index (χ4v) is 4.17. The lowest BCUT2D eigenvalue weighted by Crippen LogP contribution is -2.44. The molecule has 0 bridgehead atoms. The summed E-state index contributed by atoms with van der Waals surface area (Å²) in [6.45, 7) is 0.138. The second-order valence-corrected chi connectivity index (χ2v) is 6.64. The van der Waals surface area contributed by atoms with Gasteiger partial charge < -0.3 is 5.11 Å². The van der Waals surface area contributed by atoms with E-state index >= 15 is 0 Å². The number of sulfonamides is 1. The SMILES string of the molecule is N#Cc1ncccc1S(=O)(=O)N1CCCCCC1C(=O)O. The predicted octanol–water partition coefficient (Wildman–Crippen LogP) is 0.971. The van der Waals surface area contributed by atoms with Crippen molar-refractivity contribution in [2.45, 2.75) is 36.6 Å². The molecule has 1 unspecified atom stereocenters. The van der Waals surface area contributed by atoms with Crippen molar-refractivity contribution in [2.75, 3.05) is 6.54 Å². The summed E-state index contributed by atoms with van der Waals surface area (Å²) in [5, 5.41) is 18.3. The van der Waals surface area contributed by atoms with Crippen LogP contribution in [0.15, 0.2) is 23.2 Å². The highest BCUT2D eigenvalue weighted by Crippen LogP contribution is 2.26. The standard InChI is InChI=1S/C13H15N3O4S/c14-9-10-12(6-4-7-15-10)21(19,20)16-8-3-1-2-5-11(16)13(17)18/h4,6-7,11H,1-3,5,8H2,(H,17,18). The highest BCUT2D eigenvalue weighted by atomic mass is 32.2. The molecule has 0 amide bonds. The lowest BCUT2D eigenvalue weighted by Gasteiger charge is -2.26. The Kier molecular flexibility index (Phi) is 4.55. The van der Waals surface area contributed by atoms with Gasteiger partial charge in [-0.05, 0) is 25.0 Å². The summed E-state index contributed by atoms with van der Waals surface area (Å²) in [4.78, 5) is 14.9. The number of aliphatic carboxylic acids is 1. The van der Waals surface area contributed by atoms with Gasteiger partial charge in [0.25, 0.3) is 0 Å². The highest BCUT2D eigenvalue weighted by Gasteiger charge is 2.37. The molecule has 0 aromatic carbocycles. The van der Waals surface area contributed by atoms with E-state index in [0.29, 0.717) is 12.8 Å². The molecule has 21 heavy (non-hydrogen) atoms. The zero-order valence-corrected chi connectivity index (χ0v) is 12.1. The van der Waals surface area contributed by atoms with E-state index in [2.05, 4.69) is 4.98 Å². The Labute approximate surface area is 122 Å². The van der Waals surface area contributed by atoms with Gasteiger partial charge in [-0.1, -0.05) is 12.8 Å². The van der Waals surface area contributed by atoms with Gasteiger partial charge in [0.2, 0.25) is 10.0 Å². The quantitative estimate of drug-likeness (QED) is 0.890. The Morgan fingerprint density at radius 2 is 2.19 bits per heavy atom. The fourth-order valence-electron chi connectivity index (χ4n) is 2.43. The molecule has 1 fully saturated rings. The summed E-state index contributed by atoms with van der Waals surface area (Å²) < 4.78 is 26.4. The largest absolute Gasteiger partial charge is 0.480 e. The smallest absolute Gasteiger partial charge is 0.322 e. The maximum Gasteiger partial charge on any atom is 0.322 e. The van der Waals surface area contributed by atoms with E-state index in [-0.39, 0.29) is 23.6 Å². The molecule has 7 nitrogen and oxygen atoms in total. The zero-order chi connectivity index (χ0) is 15.5. The third-order valence-electron chi connectivity index (χ3n) is 3.45. The maximum atomic E-state index is 12.7. The van der Waals surface area contributed by atoms with Gasteiger partial charge >= 0.3 is 5.97 Å². The van der Waals surface area contributed by atoms with Crippen molar-refractivity contribution in [3.05, 3.63) is 24.0 Å². The molecule has 0 spiro atoms. The summed E-state index contributed by atoms with van der Waals surface area (Å²) in [6, 6.07) is 3.34. The molecule has 1 aromatic heterocycles. The summed E-state index contributed by atoms with van der Waals surface area (Å²) in [5.41, 5.74) is -0.217. The van der Waals surface area contributed by atoms with Gasteiger partial charge in [-0.2, -0.15) is 9.57 Å².